The Bertz CT molecular complexity index is 1030. The lowest BCUT2D eigenvalue weighted by Crippen LogP contribution is -2.20. The highest BCUT2D eigenvalue weighted by Gasteiger charge is 2.19. The molecule has 3 aromatic rings. The summed E-state index contributed by atoms with van der Waals surface area (Å²) >= 11 is 11.6. The average Bonchev–Trinajstić information content (AvgIpc) is 2.58. The van der Waals surface area contributed by atoms with Crippen molar-refractivity contribution in [1.82, 2.24) is 9.55 Å². The Morgan fingerprint density at radius 3 is 2.72 bits per heavy atom. The molecule has 2 aromatic heterocycles. The third-order valence-corrected chi connectivity index (χ3v) is 4.04. The summed E-state index contributed by atoms with van der Waals surface area (Å²) in [7, 11) is 0. The number of pyridine rings is 2. The van der Waals surface area contributed by atoms with E-state index in [0.717, 1.165) is 6.07 Å². The third kappa shape index (κ3) is 3.23. The Labute approximate surface area is 151 Å². The molecule has 0 spiro atoms. The number of hydrogen-bond donors (Lipinski definition) is 0. The molecule has 0 atom stereocenters. The maximum atomic E-state index is 13.9. The van der Waals surface area contributed by atoms with Crippen LogP contribution in [0.5, 0.6) is 0 Å². The number of benzene rings is 1. The van der Waals surface area contributed by atoms with Crippen molar-refractivity contribution in [2.24, 2.45) is 0 Å². The van der Waals surface area contributed by atoms with Crippen LogP contribution in [0.1, 0.15) is 17.3 Å². The topological polar surface area (TPSA) is 61.2 Å². The molecule has 0 unspecified atom stereocenters. The van der Waals surface area contributed by atoms with Crippen molar-refractivity contribution in [3.63, 3.8) is 0 Å². The van der Waals surface area contributed by atoms with Gasteiger partial charge in [-0.1, -0.05) is 23.2 Å². The predicted octanol–water partition coefficient (Wildman–Crippen LogP) is 4.01. The van der Waals surface area contributed by atoms with E-state index in [1.807, 2.05) is 0 Å². The molecule has 0 saturated heterocycles. The summed E-state index contributed by atoms with van der Waals surface area (Å²) in [6.07, 6.45) is 2.73. The molecule has 0 fully saturated rings. The molecule has 0 aliphatic heterocycles. The number of carbonyl (C=O) groups is 1. The predicted molar refractivity (Wildman–Crippen MR) is 93.3 cm³/mol. The zero-order chi connectivity index (χ0) is 18.1. The molecule has 0 radical (unpaired) electrons. The molecule has 0 aliphatic carbocycles. The molecular weight excluding hydrogens is 370 g/mol. The largest absolute Gasteiger partial charge is 0.462 e. The van der Waals surface area contributed by atoms with Crippen molar-refractivity contribution in [1.29, 1.82) is 0 Å². The molecule has 128 valence electrons. The fraction of sp³-hybridized carbons (Fsp3) is 0.118. The minimum Gasteiger partial charge on any atom is -0.462 e. The molecule has 25 heavy (non-hydrogen) atoms. The third-order valence-electron chi connectivity index (χ3n) is 3.53. The van der Waals surface area contributed by atoms with E-state index in [0.29, 0.717) is 5.69 Å². The molecule has 0 N–H and O–H groups in total. The maximum Gasteiger partial charge on any atom is 0.343 e. The van der Waals surface area contributed by atoms with Gasteiger partial charge in [0.15, 0.2) is 0 Å². The lowest BCUT2D eigenvalue weighted by molar-refractivity contribution is 0.0524. The highest BCUT2D eigenvalue weighted by Crippen LogP contribution is 2.24. The Morgan fingerprint density at radius 1 is 1.32 bits per heavy atom. The Morgan fingerprint density at radius 2 is 2.08 bits per heavy atom. The number of nitrogens with zero attached hydrogens (tertiary/aromatic N) is 2. The Kier molecular flexibility index (Phi) is 4.74. The van der Waals surface area contributed by atoms with Gasteiger partial charge in [-0.25, -0.2) is 14.2 Å². The molecular formula is C17H11Cl2FN2O3. The summed E-state index contributed by atoms with van der Waals surface area (Å²) in [6, 6.07) is 5.48. The van der Waals surface area contributed by atoms with Crippen molar-refractivity contribution in [3.05, 3.63) is 68.4 Å². The SMILES string of the molecule is CCOC(=O)c1cn(-c2ccc(Cl)nc2)c2cc(F)c(Cl)cc2c1=O. The second-order valence-corrected chi connectivity index (χ2v) is 5.88. The van der Waals surface area contributed by atoms with E-state index in [4.69, 9.17) is 27.9 Å². The highest BCUT2D eigenvalue weighted by molar-refractivity contribution is 6.31. The van der Waals surface area contributed by atoms with Crippen LogP contribution in [-0.2, 0) is 4.74 Å². The number of halogens is 3. The lowest BCUT2D eigenvalue weighted by atomic mass is 10.1. The second-order valence-electron chi connectivity index (χ2n) is 5.08. The van der Waals surface area contributed by atoms with Crippen LogP contribution in [0.4, 0.5) is 4.39 Å². The van der Waals surface area contributed by atoms with Gasteiger partial charge in [-0.2, -0.15) is 0 Å². The summed E-state index contributed by atoms with van der Waals surface area (Å²) < 4.78 is 20.3. The van der Waals surface area contributed by atoms with E-state index in [-0.39, 0.29) is 33.2 Å². The summed E-state index contributed by atoms with van der Waals surface area (Å²) in [5.41, 5.74) is -0.0498. The second kappa shape index (κ2) is 6.82. The number of aromatic nitrogens is 2. The first-order valence-corrected chi connectivity index (χ1v) is 8.01. The lowest BCUT2D eigenvalue weighted by Gasteiger charge is -2.13. The normalized spacial score (nSPS) is 10.9. The first-order valence-electron chi connectivity index (χ1n) is 7.26. The van der Waals surface area contributed by atoms with Crippen LogP contribution in [0.3, 0.4) is 0 Å². The highest BCUT2D eigenvalue weighted by atomic mass is 35.5. The molecule has 1 aromatic carbocycles. The van der Waals surface area contributed by atoms with Gasteiger partial charge in [0.1, 0.15) is 16.5 Å². The quantitative estimate of drug-likeness (QED) is 0.508. The van der Waals surface area contributed by atoms with E-state index < -0.39 is 17.2 Å². The first kappa shape index (κ1) is 17.4. The first-order chi connectivity index (χ1) is 11.9. The van der Waals surface area contributed by atoms with Gasteiger partial charge in [0, 0.05) is 17.6 Å². The Hall–Kier alpha value is -2.44. The van der Waals surface area contributed by atoms with Gasteiger partial charge in [0.25, 0.3) is 0 Å². The van der Waals surface area contributed by atoms with E-state index in [9.17, 15) is 14.0 Å². The van der Waals surface area contributed by atoms with Crippen molar-refractivity contribution < 1.29 is 13.9 Å². The minimum absolute atomic E-state index is 0.0897. The molecule has 0 aliphatic rings. The van der Waals surface area contributed by atoms with Gasteiger partial charge in [-0.05, 0) is 25.1 Å². The van der Waals surface area contributed by atoms with Crippen LogP contribution < -0.4 is 5.43 Å². The van der Waals surface area contributed by atoms with E-state index in [1.54, 1.807) is 13.0 Å². The monoisotopic (exact) mass is 380 g/mol. The van der Waals surface area contributed by atoms with Gasteiger partial charge in [0.05, 0.1) is 29.0 Å². The number of ether oxygens (including phenoxy) is 1. The summed E-state index contributed by atoms with van der Waals surface area (Å²) in [4.78, 5) is 28.7. The fourth-order valence-electron chi connectivity index (χ4n) is 2.40. The van der Waals surface area contributed by atoms with E-state index in [1.165, 1.54) is 29.1 Å². The standard InChI is InChI=1S/C17H11Cl2FN2O3/c1-2-25-17(24)11-8-22(9-3-4-15(19)21-7-9)14-6-13(20)12(18)5-10(14)16(11)23/h3-8H,2H2,1H3. The van der Waals surface area contributed by atoms with Gasteiger partial charge in [-0.3, -0.25) is 4.79 Å². The van der Waals surface area contributed by atoms with Crippen molar-refractivity contribution in [2.75, 3.05) is 6.61 Å². The van der Waals surface area contributed by atoms with Crippen molar-refractivity contribution >= 4 is 40.1 Å². The van der Waals surface area contributed by atoms with Crippen molar-refractivity contribution in [3.8, 4) is 5.69 Å². The molecule has 0 bridgehead atoms. The summed E-state index contributed by atoms with van der Waals surface area (Å²) in [5.74, 6) is -1.46. The molecule has 0 amide bonds. The van der Waals surface area contributed by atoms with Crippen LogP contribution in [0.2, 0.25) is 10.2 Å². The van der Waals surface area contributed by atoms with Gasteiger partial charge >= 0.3 is 5.97 Å². The van der Waals surface area contributed by atoms with Crippen LogP contribution in [-0.4, -0.2) is 22.1 Å². The zero-order valence-electron chi connectivity index (χ0n) is 12.9. The molecule has 2 heterocycles. The van der Waals surface area contributed by atoms with Crippen LogP contribution in [0.25, 0.3) is 16.6 Å². The fourth-order valence-corrected chi connectivity index (χ4v) is 2.67. The summed E-state index contributed by atoms with van der Waals surface area (Å²) in [5, 5.41) is 0.146. The number of hydrogen-bond acceptors (Lipinski definition) is 4. The number of carbonyl (C=O) groups excluding carboxylic acids is 1. The van der Waals surface area contributed by atoms with Gasteiger partial charge in [-0.15, -0.1) is 0 Å². The number of rotatable bonds is 3. The number of esters is 1. The smallest absolute Gasteiger partial charge is 0.343 e. The minimum atomic E-state index is -0.773. The van der Waals surface area contributed by atoms with E-state index in [2.05, 4.69) is 4.98 Å². The maximum absolute atomic E-state index is 13.9. The average molecular weight is 381 g/mol. The van der Waals surface area contributed by atoms with Gasteiger partial charge < -0.3 is 9.30 Å². The molecule has 3 rings (SSSR count). The van der Waals surface area contributed by atoms with Crippen LogP contribution in [0.15, 0.2) is 41.5 Å². The van der Waals surface area contributed by atoms with Crippen molar-refractivity contribution in [2.45, 2.75) is 6.92 Å². The molecule has 8 heteroatoms. The summed E-state index contributed by atoms with van der Waals surface area (Å²) in [6.45, 7) is 1.75. The Balaban J connectivity index is 2.39. The zero-order valence-corrected chi connectivity index (χ0v) is 14.4. The molecule has 0 saturated carbocycles. The van der Waals surface area contributed by atoms with E-state index >= 15 is 0 Å². The molecule has 5 nitrogen and oxygen atoms in total. The number of fused-ring (bicyclic) bond motifs is 1. The van der Waals surface area contributed by atoms with Crippen LogP contribution >= 0.6 is 23.2 Å². The van der Waals surface area contributed by atoms with Crippen LogP contribution in [0, 0.1) is 5.82 Å². The van der Waals surface area contributed by atoms with Gasteiger partial charge in [0.2, 0.25) is 5.43 Å².